The Morgan fingerprint density at radius 1 is 1.12 bits per heavy atom. The molecule has 0 bridgehead atoms. The maximum Gasteiger partial charge on any atom is 0.326 e. The van der Waals surface area contributed by atoms with Gasteiger partial charge in [-0.15, -0.1) is 0 Å². The molecular weight excluding hydrogens is 318 g/mol. The van der Waals surface area contributed by atoms with Gasteiger partial charge in [0.1, 0.15) is 17.4 Å². The van der Waals surface area contributed by atoms with Gasteiger partial charge >= 0.3 is 5.97 Å². The normalized spacial score (nSPS) is 26.5. The fraction of sp³-hybridized carbons (Fsp3) is 0.650. The number of carbonyl (C=O) groups excluding carboxylic acids is 1. The molecule has 3 rings (SSSR count). The molecule has 0 radical (unpaired) electrons. The fourth-order valence-corrected chi connectivity index (χ4v) is 4.11. The van der Waals surface area contributed by atoms with Crippen LogP contribution < -0.4 is 4.74 Å². The van der Waals surface area contributed by atoms with E-state index in [1.807, 2.05) is 31.9 Å². The minimum Gasteiger partial charge on any atom is -0.497 e. The number of carbonyl (C=O) groups is 1. The molecule has 0 amide bonds. The molecule has 5 heteroatoms. The van der Waals surface area contributed by atoms with E-state index in [-0.39, 0.29) is 18.1 Å². The maximum atomic E-state index is 12.6. The number of hydroxylamine groups is 2. The highest BCUT2D eigenvalue weighted by Crippen LogP contribution is 2.39. The second-order valence-electron chi connectivity index (χ2n) is 8.04. The predicted octanol–water partition coefficient (Wildman–Crippen LogP) is 3.15. The fourth-order valence-electron chi connectivity index (χ4n) is 4.11. The van der Waals surface area contributed by atoms with Crippen LogP contribution >= 0.6 is 0 Å². The summed E-state index contributed by atoms with van der Waals surface area (Å²) in [5.74, 6) is 1.20. The highest BCUT2D eigenvalue weighted by atomic mass is 16.7. The molecule has 138 valence electrons. The van der Waals surface area contributed by atoms with Crippen LogP contribution in [0.15, 0.2) is 18.2 Å². The molecule has 0 aromatic heterocycles. The second-order valence-corrected chi connectivity index (χ2v) is 8.04. The summed E-state index contributed by atoms with van der Waals surface area (Å²) >= 11 is 0. The Hall–Kier alpha value is -1.59. The van der Waals surface area contributed by atoms with Crippen LogP contribution in [0.1, 0.15) is 44.7 Å². The first-order valence-corrected chi connectivity index (χ1v) is 9.03. The number of fused-ring (bicyclic) bond motifs is 2. The van der Waals surface area contributed by atoms with Crippen LogP contribution in [0.2, 0.25) is 0 Å². The van der Waals surface area contributed by atoms with Crippen LogP contribution in [0.25, 0.3) is 0 Å². The van der Waals surface area contributed by atoms with Crippen LogP contribution in [0.5, 0.6) is 5.75 Å². The lowest BCUT2D eigenvalue weighted by atomic mass is 9.74. The van der Waals surface area contributed by atoms with Gasteiger partial charge in [0.05, 0.1) is 14.2 Å². The molecule has 0 saturated carbocycles. The van der Waals surface area contributed by atoms with Crippen LogP contribution in [0.4, 0.5) is 0 Å². The lowest BCUT2D eigenvalue weighted by Gasteiger charge is -2.46. The highest BCUT2D eigenvalue weighted by Gasteiger charge is 2.44. The van der Waals surface area contributed by atoms with Gasteiger partial charge in [-0.2, -0.15) is 5.06 Å². The molecule has 1 aromatic carbocycles. The first-order valence-electron chi connectivity index (χ1n) is 9.03. The second kappa shape index (κ2) is 6.96. The van der Waals surface area contributed by atoms with Gasteiger partial charge in [-0.25, -0.2) is 0 Å². The minimum atomic E-state index is -0.483. The number of methoxy groups -OCH3 is 1. The third-order valence-electron chi connectivity index (χ3n) is 5.20. The molecule has 1 aliphatic heterocycles. The molecule has 3 atom stereocenters. The zero-order chi connectivity index (χ0) is 18.2. The quantitative estimate of drug-likeness (QED) is 0.786. The van der Waals surface area contributed by atoms with Gasteiger partial charge in [0, 0.05) is 6.04 Å². The summed E-state index contributed by atoms with van der Waals surface area (Å²) in [6, 6.07) is 6.16. The van der Waals surface area contributed by atoms with Crippen LogP contribution in [-0.2, 0) is 27.2 Å². The number of nitrogens with zero attached hydrogens (tertiary/aromatic N) is 1. The minimum absolute atomic E-state index is 0.187. The molecule has 1 heterocycles. The average molecular weight is 347 g/mol. The number of piperidine rings is 1. The van der Waals surface area contributed by atoms with E-state index in [0.717, 1.165) is 31.4 Å². The van der Waals surface area contributed by atoms with E-state index < -0.39 is 5.60 Å². The lowest BCUT2D eigenvalue weighted by molar-refractivity contribution is -0.231. The van der Waals surface area contributed by atoms with Crippen LogP contribution in [0.3, 0.4) is 0 Å². The smallest absolute Gasteiger partial charge is 0.326 e. The average Bonchev–Trinajstić information content (AvgIpc) is 2.56. The molecule has 25 heavy (non-hydrogen) atoms. The number of ether oxygens (including phenoxy) is 2. The van der Waals surface area contributed by atoms with Crippen molar-refractivity contribution in [3.05, 3.63) is 29.3 Å². The molecule has 1 aromatic rings. The van der Waals surface area contributed by atoms with Gasteiger partial charge in [0.25, 0.3) is 0 Å². The van der Waals surface area contributed by atoms with Gasteiger partial charge in [0.15, 0.2) is 0 Å². The van der Waals surface area contributed by atoms with Crippen molar-refractivity contribution in [2.45, 2.75) is 64.1 Å². The molecule has 1 saturated heterocycles. The van der Waals surface area contributed by atoms with Crippen molar-refractivity contribution < 1.29 is 19.1 Å². The standard InChI is InChI=1S/C20H29NO4/c1-20(2,3)25-19(22)17-9-7-14-10-15-11-16(23-4)8-6-13(15)12-18(14)21(17)24-5/h6,8,11,14,17-18H,7,9-10,12H2,1-5H3. The molecule has 1 aliphatic carbocycles. The summed E-state index contributed by atoms with van der Waals surface area (Å²) in [4.78, 5) is 18.3. The Kier molecular flexibility index (Phi) is 5.07. The van der Waals surface area contributed by atoms with Crippen molar-refractivity contribution in [3.8, 4) is 5.75 Å². The first kappa shape index (κ1) is 18.2. The van der Waals surface area contributed by atoms with E-state index in [0.29, 0.717) is 5.92 Å². The van der Waals surface area contributed by atoms with E-state index in [9.17, 15) is 4.79 Å². The van der Waals surface area contributed by atoms with Gasteiger partial charge < -0.3 is 14.3 Å². The SMILES string of the molecule is COc1ccc2c(c1)CC1CCC(C(=O)OC(C)(C)C)N(OC)C1C2. The molecule has 0 spiro atoms. The van der Waals surface area contributed by atoms with Crippen LogP contribution in [0, 0.1) is 5.92 Å². The van der Waals surface area contributed by atoms with Crippen molar-refractivity contribution >= 4 is 5.97 Å². The van der Waals surface area contributed by atoms with E-state index in [1.54, 1.807) is 14.2 Å². The summed E-state index contributed by atoms with van der Waals surface area (Å²) in [5.41, 5.74) is 2.18. The van der Waals surface area contributed by atoms with Crippen molar-refractivity contribution in [2.24, 2.45) is 5.92 Å². The largest absolute Gasteiger partial charge is 0.497 e. The van der Waals surface area contributed by atoms with Crippen molar-refractivity contribution in [1.82, 2.24) is 5.06 Å². The zero-order valence-electron chi connectivity index (χ0n) is 15.9. The molecule has 5 nitrogen and oxygen atoms in total. The summed E-state index contributed by atoms with van der Waals surface area (Å²) in [5, 5.41) is 1.88. The van der Waals surface area contributed by atoms with E-state index in [1.165, 1.54) is 11.1 Å². The van der Waals surface area contributed by atoms with E-state index >= 15 is 0 Å². The summed E-state index contributed by atoms with van der Waals surface area (Å²) in [6.45, 7) is 5.70. The van der Waals surface area contributed by atoms with Crippen LogP contribution in [-0.4, -0.2) is 42.9 Å². The molecule has 3 unspecified atom stereocenters. The number of benzene rings is 1. The molecule has 1 fully saturated rings. The van der Waals surface area contributed by atoms with Crippen molar-refractivity contribution in [1.29, 1.82) is 0 Å². The molecule has 2 aliphatic rings. The van der Waals surface area contributed by atoms with Gasteiger partial charge in [-0.3, -0.25) is 4.79 Å². The zero-order valence-corrected chi connectivity index (χ0v) is 15.9. The lowest BCUT2D eigenvalue weighted by Crippen LogP contribution is -2.56. The van der Waals surface area contributed by atoms with E-state index in [2.05, 4.69) is 12.1 Å². The Bertz CT molecular complexity index is 637. The summed E-state index contributed by atoms with van der Waals surface area (Å²) in [7, 11) is 3.36. The number of esters is 1. The number of hydrogen-bond donors (Lipinski definition) is 0. The third kappa shape index (κ3) is 3.82. The van der Waals surface area contributed by atoms with Gasteiger partial charge in [-0.1, -0.05) is 6.07 Å². The molecule has 0 N–H and O–H groups in total. The van der Waals surface area contributed by atoms with Gasteiger partial charge in [0.2, 0.25) is 0 Å². The summed E-state index contributed by atoms with van der Waals surface area (Å²) in [6.07, 6.45) is 3.66. The van der Waals surface area contributed by atoms with E-state index in [4.69, 9.17) is 14.3 Å². The van der Waals surface area contributed by atoms with Crippen molar-refractivity contribution in [2.75, 3.05) is 14.2 Å². The summed E-state index contributed by atoms with van der Waals surface area (Å²) < 4.78 is 11.0. The third-order valence-corrected chi connectivity index (χ3v) is 5.20. The topological polar surface area (TPSA) is 48.0 Å². The van der Waals surface area contributed by atoms with Crippen molar-refractivity contribution in [3.63, 3.8) is 0 Å². The Morgan fingerprint density at radius 2 is 1.88 bits per heavy atom. The predicted molar refractivity (Wildman–Crippen MR) is 95.4 cm³/mol. The first-order chi connectivity index (χ1) is 11.8. The maximum absolute atomic E-state index is 12.6. The molecular formula is C20H29NO4. The Morgan fingerprint density at radius 3 is 2.52 bits per heavy atom. The monoisotopic (exact) mass is 347 g/mol. The number of rotatable bonds is 3. The van der Waals surface area contributed by atoms with Gasteiger partial charge in [-0.05, 0) is 75.6 Å². The Balaban J connectivity index is 1.80. The highest BCUT2D eigenvalue weighted by molar-refractivity contribution is 5.76. The number of hydrogen-bond acceptors (Lipinski definition) is 5. The Labute approximate surface area is 150 Å².